The number of hydrogen-bond acceptors (Lipinski definition) is 4. The Morgan fingerprint density at radius 3 is 2.53 bits per heavy atom. The molecule has 0 bridgehead atoms. The number of hydrogen-bond donors (Lipinski definition) is 0. The van der Waals surface area contributed by atoms with Crippen LogP contribution in [0, 0.1) is 3.57 Å². The molecular weight excluding hydrogens is 355 g/mol. The summed E-state index contributed by atoms with van der Waals surface area (Å²) in [4.78, 5) is 0. The molecule has 0 saturated carbocycles. The van der Waals surface area contributed by atoms with Gasteiger partial charge in [0.05, 0.1) is 6.21 Å². The smallest absolute Gasteiger partial charge is 0.147 e. The van der Waals surface area contributed by atoms with Crippen LogP contribution in [0.4, 0.5) is 0 Å². The number of halogens is 1. The first-order valence-corrected chi connectivity index (χ1v) is 6.64. The van der Waals surface area contributed by atoms with E-state index in [0.29, 0.717) is 5.76 Å². The summed E-state index contributed by atoms with van der Waals surface area (Å²) >= 11 is 2.27. The maximum Gasteiger partial charge on any atom is 0.147 e. The van der Waals surface area contributed by atoms with Crippen molar-refractivity contribution < 1.29 is 4.42 Å². The highest BCUT2D eigenvalue weighted by Crippen LogP contribution is 2.22. The van der Waals surface area contributed by atoms with Crippen LogP contribution in [0.15, 0.2) is 58.6 Å². The van der Waals surface area contributed by atoms with E-state index in [2.05, 4.69) is 37.9 Å². The van der Waals surface area contributed by atoms with E-state index in [1.54, 1.807) is 6.21 Å². The molecule has 2 aromatic heterocycles. The number of aromatic nitrogens is 3. The first-order chi connectivity index (χ1) is 9.31. The second kappa shape index (κ2) is 5.35. The molecule has 0 N–H and O–H groups in total. The van der Waals surface area contributed by atoms with Crippen LogP contribution in [-0.2, 0) is 0 Å². The Morgan fingerprint density at radius 1 is 1.05 bits per heavy atom. The molecule has 0 atom stereocenters. The number of nitrogens with zero attached hydrogens (tertiary/aromatic N) is 4. The second-order valence-electron chi connectivity index (χ2n) is 3.80. The van der Waals surface area contributed by atoms with Crippen LogP contribution in [0.25, 0.3) is 11.3 Å². The van der Waals surface area contributed by atoms with E-state index in [1.165, 1.54) is 20.9 Å². The third-order valence-corrected chi connectivity index (χ3v) is 3.20. The van der Waals surface area contributed by atoms with Gasteiger partial charge in [-0.25, -0.2) is 4.68 Å². The maximum absolute atomic E-state index is 5.70. The van der Waals surface area contributed by atoms with E-state index in [9.17, 15) is 0 Å². The van der Waals surface area contributed by atoms with Crippen molar-refractivity contribution in [3.05, 3.63) is 58.4 Å². The molecule has 0 aliphatic rings. The summed E-state index contributed by atoms with van der Waals surface area (Å²) in [6.07, 6.45) is 4.65. The van der Waals surface area contributed by atoms with Crippen molar-refractivity contribution in [1.82, 2.24) is 14.9 Å². The molecule has 19 heavy (non-hydrogen) atoms. The lowest BCUT2D eigenvalue weighted by atomic mass is 10.2. The lowest BCUT2D eigenvalue weighted by Gasteiger charge is -1.96. The summed E-state index contributed by atoms with van der Waals surface area (Å²) in [5, 5.41) is 11.5. The highest BCUT2D eigenvalue weighted by Gasteiger charge is 2.03. The van der Waals surface area contributed by atoms with Crippen LogP contribution in [0.3, 0.4) is 0 Å². The van der Waals surface area contributed by atoms with E-state index in [4.69, 9.17) is 4.42 Å². The van der Waals surface area contributed by atoms with E-state index in [0.717, 1.165) is 11.3 Å². The van der Waals surface area contributed by atoms with Crippen molar-refractivity contribution in [2.75, 3.05) is 0 Å². The average molecular weight is 364 g/mol. The van der Waals surface area contributed by atoms with Gasteiger partial charge in [-0.3, -0.25) is 0 Å². The minimum Gasteiger partial charge on any atom is -0.455 e. The minimum absolute atomic E-state index is 0.683. The summed E-state index contributed by atoms with van der Waals surface area (Å²) < 4.78 is 8.41. The van der Waals surface area contributed by atoms with Crippen molar-refractivity contribution >= 4 is 28.8 Å². The predicted molar refractivity (Wildman–Crippen MR) is 79.9 cm³/mol. The van der Waals surface area contributed by atoms with Gasteiger partial charge in [-0.2, -0.15) is 5.10 Å². The SMILES string of the molecule is Ic1ccc(-c2ccc(/C=N\n3cnnc3)o2)cc1. The summed E-state index contributed by atoms with van der Waals surface area (Å²) in [5.74, 6) is 1.50. The molecular formula is C13H9IN4O. The quantitative estimate of drug-likeness (QED) is 0.530. The standard InChI is InChI=1S/C13H9IN4O/c14-11-3-1-10(2-4-11)13-6-5-12(19-13)7-17-18-8-15-16-9-18/h1-9H/b17-7-. The normalized spacial score (nSPS) is 11.2. The van der Waals surface area contributed by atoms with Crippen LogP contribution < -0.4 is 0 Å². The van der Waals surface area contributed by atoms with Crippen LogP contribution >= 0.6 is 22.6 Å². The van der Waals surface area contributed by atoms with Crippen LogP contribution in [-0.4, -0.2) is 21.1 Å². The molecule has 0 aliphatic heterocycles. The molecule has 6 heteroatoms. The summed E-state index contributed by atoms with van der Waals surface area (Å²) in [6.45, 7) is 0. The van der Waals surface area contributed by atoms with Gasteiger partial charge in [0.1, 0.15) is 24.2 Å². The van der Waals surface area contributed by atoms with Gasteiger partial charge in [0.15, 0.2) is 0 Å². The number of rotatable bonds is 3. The van der Waals surface area contributed by atoms with Crippen molar-refractivity contribution in [1.29, 1.82) is 0 Å². The maximum atomic E-state index is 5.70. The molecule has 94 valence electrons. The molecule has 0 unspecified atom stereocenters. The zero-order valence-corrected chi connectivity index (χ0v) is 11.9. The summed E-state index contributed by atoms with van der Waals surface area (Å²) in [7, 11) is 0. The van der Waals surface area contributed by atoms with Crippen molar-refractivity contribution in [3.8, 4) is 11.3 Å². The van der Waals surface area contributed by atoms with E-state index in [-0.39, 0.29) is 0 Å². The Bertz CT molecular complexity index is 686. The number of benzene rings is 1. The highest BCUT2D eigenvalue weighted by molar-refractivity contribution is 14.1. The Morgan fingerprint density at radius 2 is 1.79 bits per heavy atom. The molecule has 5 nitrogen and oxygen atoms in total. The van der Waals surface area contributed by atoms with Gasteiger partial charge in [-0.1, -0.05) is 12.1 Å². The van der Waals surface area contributed by atoms with Gasteiger partial charge in [0.25, 0.3) is 0 Å². The molecule has 3 aromatic rings. The van der Waals surface area contributed by atoms with Crippen LogP contribution in [0.1, 0.15) is 5.76 Å². The molecule has 0 aliphatic carbocycles. The first kappa shape index (κ1) is 12.1. The molecule has 0 saturated heterocycles. The van der Waals surface area contributed by atoms with Gasteiger partial charge in [-0.05, 0) is 46.9 Å². The highest BCUT2D eigenvalue weighted by atomic mass is 127. The van der Waals surface area contributed by atoms with Crippen molar-refractivity contribution in [2.24, 2.45) is 5.10 Å². The fourth-order valence-electron chi connectivity index (χ4n) is 1.57. The van der Waals surface area contributed by atoms with Gasteiger partial charge in [-0.15, -0.1) is 10.2 Å². The van der Waals surface area contributed by atoms with Gasteiger partial charge >= 0.3 is 0 Å². The molecule has 3 rings (SSSR count). The fraction of sp³-hybridized carbons (Fsp3) is 0. The topological polar surface area (TPSA) is 56.2 Å². The first-order valence-electron chi connectivity index (χ1n) is 5.56. The summed E-state index contributed by atoms with van der Waals surface area (Å²) in [5.41, 5.74) is 1.05. The van der Waals surface area contributed by atoms with E-state index in [1.807, 2.05) is 36.4 Å². The monoisotopic (exact) mass is 364 g/mol. The predicted octanol–water partition coefficient (Wildman–Crippen LogP) is 3.02. The third-order valence-electron chi connectivity index (χ3n) is 2.48. The molecule has 0 radical (unpaired) electrons. The number of furan rings is 1. The lowest BCUT2D eigenvalue weighted by Crippen LogP contribution is -1.84. The van der Waals surface area contributed by atoms with E-state index >= 15 is 0 Å². The third kappa shape index (κ3) is 2.90. The fourth-order valence-corrected chi connectivity index (χ4v) is 1.93. The zero-order chi connectivity index (χ0) is 13.1. The molecule has 0 fully saturated rings. The Hall–Kier alpha value is -1.96. The Balaban J connectivity index is 1.81. The second-order valence-corrected chi connectivity index (χ2v) is 5.04. The van der Waals surface area contributed by atoms with Gasteiger partial charge in [0.2, 0.25) is 0 Å². The van der Waals surface area contributed by atoms with Crippen molar-refractivity contribution in [3.63, 3.8) is 0 Å². The molecule has 2 heterocycles. The van der Waals surface area contributed by atoms with Crippen molar-refractivity contribution in [2.45, 2.75) is 0 Å². The molecule has 0 spiro atoms. The van der Waals surface area contributed by atoms with Gasteiger partial charge in [0, 0.05) is 9.13 Å². The molecule has 1 aromatic carbocycles. The largest absolute Gasteiger partial charge is 0.455 e. The lowest BCUT2D eigenvalue weighted by molar-refractivity contribution is 0.574. The molecule has 0 amide bonds. The van der Waals surface area contributed by atoms with Crippen LogP contribution in [0.5, 0.6) is 0 Å². The van der Waals surface area contributed by atoms with E-state index < -0.39 is 0 Å². The minimum atomic E-state index is 0.683. The van der Waals surface area contributed by atoms with Crippen LogP contribution in [0.2, 0.25) is 0 Å². The Kier molecular flexibility index (Phi) is 3.41. The van der Waals surface area contributed by atoms with Gasteiger partial charge < -0.3 is 4.42 Å². The Labute approximate surface area is 123 Å². The zero-order valence-electron chi connectivity index (χ0n) is 9.77. The summed E-state index contributed by atoms with van der Waals surface area (Å²) in [6, 6.07) is 12.0. The average Bonchev–Trinajstić information content (AvgIpc) is 3.09.